The average molecular weight is 824 g/mol. The number of imide groups is 1. The average Bonchev–Trinajstić information content (AvgIpc) is 3.23. The minimum atomic E-state index is -0.903. The van der Waals surface area contributed by atoms with Crippen molar-refractivity contribution in [1.82, 2.24) is 30.5 Å². The molecule has 2 aliphatic heterocycles. The molecule has 0 aliphatic carbocycles. The van der Waals surface area contributed by atoms with Crippen molar-refractivity contribution in [3.63, 3.8) is 0 Å². The molecule has 1 saturated heterocycles. The number of halogens is 2. The van der Waals surface area contributed by atoms with Crippen LogP contribution in [0.5, 0.6) is 5.75 Å². The van der Waals surface area contributed by atoms with Crippen LogP contribution in [0.1, 0.15) is 99.3 Å². The van der Waals surface area contributed by atoms with E-state index in [2.05, 4.69) is 41.9 Å². The van der Waals surface area contributed by atoms with Crippen molar-refractivity contribution >= 4 is 58.8 Å². The summed E-state index contributed by atoms with van der Waals surface area (Å²) in [5.74, 6) is -1.91. The molecule has 1 unspecified atom stereocenters. The molecular weight excluding hydrogens is 781 g/mol. The molecule has 59 heavy (non-hydrogen) atoms. The highest BCUT2D eigenvalue weighted by molar-refractivity contribution is 6.32. The van der Waals surface area contributed by atoms with Gasteiger partial charge in [-0.1, -0.05) is 43.4 Å². The minimum Gasteiger partial charge on any atom is -0.493 e. The molecule has 0 saturated carbocycles. The Morgan fingerprint density at radius 1 is 1.07 bits per heavy atom. The van der Waals surface area contributed by atoms with E-state index in [1.165, 1.54) is 36.5 Å². The molecule has 1 fully saturated rings. The first-order valence-electron chi connectivity index (χ1n) is 19.4. The first kappa shape index (κ1) is 42.1. The minimum absolute atomic E-state index is 0.101. The van der Waals surface area contributed by atoms with Crippen molar-refractivity contribution < 1.29 is 33.1 Å². The Kier molecular flexibility index (Phi) is 14.1. The number of nitriles is 1. The molecule has 306 valence electrons. The first-order chi connectivity index (χ1) is 28.6. The van der Waals surface area contributed by atoms with Crippen LogP contribution in [0.4, 0.5) is 21.7 Å². The second-order valence-electron chi connectivity index (χ2n) is 14.2. The van der Waals surface area contributed by atoms with Crippen LogP contribution in [-0.2, 0) is 22.6 Å². The van der Waals surface area contributed by atoms with E-state index in [1.807, 2.05) is 6.07 Å². The maximum Gasteiger partial charge on any atom is 0.255 e. The summed E-state index contributed by atoms with van der Waals surface area (Å²) in [6.07, 6.45) is 7.90. The van der Waals surface area contributed by atoms with E-state index >= 15 is 4.39 Å². The van der Waals surface area contributed by atoms with E-state index in [-0.39, 0.29) is 47.0 Å². The number of nitrogens with zero attached hydrogens (tertiary/aromatic N) is 6. The maximum absolute atomic E-state index is 15.0. The third kappa shape index (κ3) is 10.3. The summed E-state index contributed by atoms with van der Waals surface area (Å²) in [7, 11) is 1.47. The largest absolute Gasteiger partial charge is 0.493 e. The topological polar surface area (TPSA) is 200 Å². The summed E-state index contributed by atoms with van der Waals surface area (Å²) >= 11 is 6.25. The van der Waals surface area contributed by atoms with Gasteiger partial charge in [0.15, 0.2) is 6.29 Å². The standard InChI is InChI=1S/C42H43ClFN9O6/c1-52(34-14-16-37(55)51-41(34)57)42(58)28-9-8-10-35(31(28)24-54)59-20-7-5-3-2-4-6-18-46-40(56)30-13-15-36(49-38(30)44)50-39-29-17-19-53(23-33(29)47-25-48-39)27-12-11-26(22-45)32(43)21-27/h8-13,15,21,24-25,34H,2-7,14,16-20,23H2,1H3,(H,46,56)(H,51,55,57)(H,47,48,49,50). The summed E-state index contributed by atoms with van der Waals surface area (Å²) < 4.78 is 20.9. The molecule has 15 nitrogen and oxygen atoms in total. The number of hydrogen-bond donors (Lipinski definition) is 3. The van der Waals surface area contributed by atoms with E-state index in [1.54, 1.807) is 24.3 Å². The van der Waals surface area contributed by atoms with Gasteiger partial charge in [0, 0.05) is 37.8 Å². The predicted octanol–water partition coefficient (Wildman–Crippen LogP) is 5.68. The number of fused-ring (bicyclic) bond motifs is 1. The number of piperidine rings is 1. The molecule has 2 aromatic heterocycles. The van der Waals surface area contributed by atoms with Crippen molar-refractivity contribution in [2.45, 2.75) is 70.4 Å². The number of carbonyl (C=O) groups excluding carboxylic acids is 5. The van der Waals surface area contributed by atoms with Crippen LogP contribution in [0.15, 0.2) is 54.9 Å². The number of nitrogens with one attached hydrogen (secondary N) is 3. The molecule has 2 aromatic carbocycles. The van der Waals surface area contributed by atoms with Gasteiger partial charge in [0.1, 0.15) is 35.8 Å². The lowest BCUT2D eigenvalue weighted by Gasteiger charge is -2.30. The molecule has 0 spiro atoms. The van der Waals surface area contributed by atoms with Gasteiger partial charge < -0.3 is 25.2 Å². The number of pyridine rings is 1. The van der Waals surface area contributed by atoms with E-state index in [0.29, 0.717) is 68.2 Å². The summed E-state index contributed by atoms with van der Waals surface area (Å²) in [4.78, 5) is 77.8. The Morgan fingerprint density at radius 2 is 1.86 bits per heavy atom. The van der Waals surface area contributed by atoms with Crippen LogP contribution in [0, 0.1) is 17.3 Å². The Morgan fingerprint density at radius 3 is 2.61 bits per heavy atom. The van der Waals surface area contributed by atoms with Crippen LogP contribution >= 0.6 is 11.6 Å². The van der Waals surface area contributed by atoms with Crippen LogP contribution in [0.25, 0.3) is 0 Å². The summed E-state index contributed by atoms with van der Waals surface area (Å²) in [5, 5.41) is 17.6. The van der Waals surface area contributed by atoms with E-state index in [0.717, 1.165) is 42.6 Å². The lowest BCUT2D eigenvalue weighted by Crippen LogP contribution is -2.53. The molecule has 0 bridgehead atoms. The van der Waals surface area contributed by atoms with Crippen molar-refractivity contribution in [3.8, 4) is 11.8 Å². The molecule has 6 rings (SSSR count). The van der Waals surface area contributed by atoms with E-state index < -0.39 is 29.7 Å². The quantitative estimate of drug-likeness (QED) is 0.0510. The fourth-order valence-electron chi connectivity index (χ4n) is 7.04. The Labute approximate surface area is 345 Å². The summed E-state index contributed by atoms with van der Waals surface area (Å²) in [6, 6.07) is 14.2. The fraction of sp³-hybridized carbons (Fsp3) is 0.357. The first-order valence-corrected chi connectivity index (χ1v) is 19.8. The number of aldehydes is 1. The zero-order chi connectivity index (χ0) is 41.9. The third-order valence-corrected chi connectivity index (χ3v) is 10.6. The number of rotatable bonds is 17. The van der Waals surface area contributed by atoms with Crippen LogP contribution in [-0.4, -0.2) is 82.6 Å². The number of aromatic nitrogens is 3. The Balaban J connectivity index is 0.886. The molecule has 1 atom stereocenters. The SMILES string of the molecule is CN(C(=O)c1cccc(OCCCCCCCCNC(=O)c2ccc(Nc3ncnc4c3CCN(c3ccc(C#N)c(Cl)c3)C4)nc2F)c1C=O)C1CCC(=O)NC1=O. The molecule has 3 N–H and O–H groups in total. The second kappa shape index (κ2) is 19.8. The molecule has 2 aliphatic rings. The van der Waals surface area contributed by atoms with E-state index in [4.69, 9.17) is 16.3 Å². The zero-order valence-corrected chi connectivity index (χ0v) is 33.2. The summed E-state index contributed by atoms with van der Waals surface area (Å²) in [6.45, 7) is 1.85. The van der Waals surface area contributed by atoms with Gasteiger partial charge in [-0.3, -0.25) is 29.3 Å². The highest BCUT2D eigenvalue weighted by Crippen LogP contribution is 2.31. The predicted molar refractivity (Wildman–Crippen MR) is 216 cm³/mol. The molecule has 4 amide bonds. The molecule has 0 radical (unpaired) electrons. The number of amides is 4. The van der Waals surface area contributed by atoms with Crippen LogP contribution in [0.2, 0.25) is 5.02 Å². The van der Waals surface area contributed by atoms with Gasteiger partial charge in [0.05, 0.1) is 46.1 Å². The monoisotopic (exact) mass is 823 g/mol. The second-order valence-corrected chi connectivity index (χ2v) is 14.6. The maximum atomic E-state index is 15.0. The van der Waals surface area contributed by atoms with Gasteiger partial charge in [-0.05, 0) is 68.1 Å². The van der Waals surface area contributed by atoms with Crippen molar-refractivity contribution in [1.29, 1.82) is 5.26 Å². The lowest BCUT2D eigenvalue weighted by molar-refractivity contribution is -0.136. The number of unbranched alkanes of at least 4 members (excludes halogenated alkanes) is 5. The van der Waals surface area contributed by atoms with Gasteiger partial charge >= 0.3 is 0 Å². The number of benzene rings is 2. The van der Waals surface area contributed by atoms with Crippen molar-refractivity contribution in [3.05, 3.63) is 99.3 Å². The summed E-state index contributed by atoms with van der Waals surface area (Å²) in [5.41, 5.74) is 3.01. The van der Waals surface area contributed by atoms with E-state index in [9.17, 15) is 29.2 Å². The number of likely N-dealkylation sites (N-methyl/N-ethyl adjacent to an activating group) is 1. The molecular formula is C42H43ClFN9O6. The highest BCUT2D eigenvalue weighted by Gasteiger charge is 2.33. The number of hydrogen-bond acceptors (Lipinski definition) is 12. The number of anilines is 3. The fourth-order valence-corrected chi connectivity index (χ4v) is 7.26. The Hall–Kier alpha value is -6.47. The van der Waals surface area contributed by atoms with Gasteiger partial charge in [-0.25, -0.2) is 15.0 Å². The molecule has 17 heteroatoms. The van der Waals surface area contributed by atoms with Crippen LogP contribution in [0.3, 0.4) is 0 Å². The molecule has 4 heterocycles. The van der Waals surface area contributed by atoms with Gasteiger partial charge in [0.25, 0.3) is 11.8 Å². The van der Waals surface area contributed by atoms with Crippen molar-refractivity contribution in [2.24, 2.45) is 0 Å². The van der Waals surface area contributed by atoms with Crippen molar-refractivity contribution in [2.75, 3.05) is 37.0 Å². The van der Waals surface area contributed by atoms with Gasteiger partial charge in [-0.15, -0.1) is 0 Å². The van der Waals surface area contributed by atoms with Crippen LogP contribution < -0.4 is 25.6 Å². The number of carbonyl (C=O) groups is 5. The third-order valence-electron chi connectivity index (χ3n) is 10.3. The van der Waals surface area contributed by atoms with Gasteiger partial charge in [0.2, 0.25) is 17.8 Å². The zero-order valence-electron chi connectivity index (χ0n) is 32.4. The lowest BCUT2D eigenvalue weighted by atomic mass is 10.0. The highest BCUT2D eigenvalue weighted by atomic mass is 35.5. The molecule has 4 aromatic rings. The Bertz CT molecular complexity index is 2290. The smallest absolute Gasteiger partial charge is 0.255 e. The van der Waals surface area contributed by atoms with Gasteiger partial charge in [-0.2, -0.15) is 9.65 Å². The normalized spacial score (nSPS) is 14.7. The number of ether oxygens (including phenoxy) is 1.